The van der Waals surface area contributed by atoms with Crippen LogP contribution >= 0.6 is 0 Å². The predicted molar refractivity (Wildman–Crippen MR) is 51.9 cm³/mol. The molecular weight excluding hydrogens is 178 g/mol. The van der Waals surface area contributed by atoms with Gasteiger partial charge in [0.05, 0.1) is 37.8 Å². The molecule has 0 spiro atoms. The summed E-state index contributed by atoms with van der Waals surface area (Å²) < 4.78 is 0. The Labute approximate surface area is 84.2 Å². The van der Waals surface area contributed by atoms with Gasteiger partial charge in [0.15, 0.2) is 0 Å². The highest BCUT2D eigenvalue weighted by Gasteiger charge is 2.55. The summed E-state index contributed by atoms with van der Waals surface area (Å²) in [6.07, 6.45) is 0. The number of oxime groups is 1. The second-order valence-electron chi connectivity index (χ2n) is 5.50. The number of fused-ring (bicyclic) bond motifs is 1. The van der Waals surface area contributed by atoms with Crippen LogP contribution in [0.15, 0.2) is 5.16 Å². The lowest BCUT2D eigenvalue weighted by Gasteiger charge is -2.43. The van der Waals surface area contributed by atoms with Crippen molar-refractivity contribution in [2.45, 2.75) is 6.92 Å². The number of nitrogens with zero attached hydrogens (tertiary/aromatic N) is 1. The Balaban J connectivity index is 2.03. The van der Waals surface area contributed by atoms with Crippen molar-refractivity contribution in [2.24, 2.45) is 16.5 Å². The van der Waals surface area contributed by atoms with Crippen LogP contribution < -0.4 is 9.80 Å². The van der Waals surface area contributed by atoms with Crippen molar-refractivity contribution in [3.8, 4) is 0 Å². The molecule has 0 aromatic rings. The zero-order valence-electron chi connectivity index (χ0n) is 8.71. The van der Waals surface area contributed by atoms with Crippen molar-refractivity contribution in [1.82, 2.24) is 0 Å². The van der Waals surface area contributed by atoms with E-state index in [0.717, 1.165) is 5.71 Å². The molecule has 2 atom stereocenters. The average molecular weight is 197 g/mol. The first-order valence-electron chi connectivity index (χ1n) is 5.61. The van der Waals surface area contributed by atoms with Crippen LogP contribution in [-0.2, 0) is 0 Å². The normalized spacial score (nSPS) is 53.8. The smallest absolute Gasteiger partial charge is 0.127 e. The van der Waals surface area contributed by atoms with Crippen molar-refractivity contribution >= 4 is 5.71 Å². The van der Waals surface area contributed by atoms with E-state index in [9.17, 15) is 0 Å². The van der Waals surface area contributed by atoms with Gasteiger partial charge in [0, 0.05) is 0 Å². The zero-order chi connectivity index (χ0) is 9.76. The lowest BCUT2D eigenvalue weighted by atomic mass is 9.72. The topological polar surface area (TPSA) is 41.5 Å². The number of quaternary nitrogens is 2. The third-order valence-electron chi connectivity index (χ3n) is 4.30. The standard InChI is InChI=1S/C10H17N3O/c1-10-6-12-2-3-13(7-10)5-8(4-12)9(10)11-14/h8,14H,2-7H2,1H3/p+2/b11-9-. The van der Waals surface area contributed by atoms with Crippen LogP contribution in [0, 0.1) is 11.3 Å². The van der Waals surface area contributed by atoms with Gasteiger partial charge in [-0.05, 0) is 6.92 Å². The molecule has 4 saturated heterocycles. The summed E-state index contributed by atoms with van der Waals surface area (Å²) in [5, 5.41) is 12.7. The second kappa shape index (κ2) is 2.70. The SMILES string of the molecule is CC12C[NH+]3CC[NH+](CC(C3)/C1=N/O)C2. The van der Waals surface area contributed by atoms with Crippen LogP contribution in [0.5, 0.6) is 0 Å². The molecular formula is C10H19N3O+2. The molecule has 0 amide bonds. The van der Waals surface area contributed by atoms with E-state index in [4.69, 9.17) is 5.21 Å². The van der Waals surface area contributed by atoms with Crippen molar-refractivity contribution < 1.29 is 15.0 Å². The molecule has 0 radical (unpaired) electrons. The first kappa shape index (κ1) is 8.68. The molecule has 4 heteroatoms. The number of nitrogens with one attached hydrogen (secondary N) is 2. The first-order chi connectivity index (χ1) is 6.71. The fourth-order valence-corrected chi connectivity index (χ4v) is 3.88. The third kappa shape index (κ3) is 1.04. The molecule has 4 nitrogen and oxygen atoms in total. The lowest BCUT2D eigenvalue weighted by Crippen LogP contribution is -3.16. The molecule has 2 unspecified atom stereocenters. The van der Waals surface area contributed by atoms with Gasteiger partial charge in [0.25, 0.3) is 0 Å². The highest BCUT2D eigenvalue weighted by molar-refractivity contribution is 5.92. The number of hydrogen-bond acceptors (Lipinski definition) is 2. The molecule has 14 heavy (non-hydrogen) atoms. The Bertz CT molecular complexity index is 273. The molecule has 0 aromatic heterocycles. The third-order valence-corrected chi connectivity index (χ3v) is 4.30. The van der Waals surface area contributed by atoms with Crippen molar-refractivity contribution in [3.05, 3.63) is 0 Å². The fraction of sp³-hybridized carbons (Fsp3) is 0.900. The molecule has 0 saturated carbocycles. The van der Waals surface area contributed by atoms with Gasteiger partial charge in [0.1, 0.15) is 18.5 Å². The highest BCUT2D eigenvalue weighted by atomic mass is 16.4. The average Bonchev–Trinajstić information content (AvgIpc) is 2.32. The van der Waals surface area contributed by atoms with Gasteiger partial charge in [-0.2, -0.15) is 0 Å². The summed E-state index contributed by atoms with van der Waals surface area (Å²) in [7, 11) is 0. The summed E-state index contributed by atoms with van der Waals surface area (Å²) in [5.74, 6) is 0.542. The van der Waals surface area contributed by atoms with Gasteiger partial charge < -0.3 is 15.0 Å². The Kier molecular flexibility index (Phi) is 1.67. The number of piperidine rings is 2. The maximum atomic E-state index is 9.12. The maximum Gasteiger partial charge on any atom is 0.127 e. The minimum absolute atomic E-state index is 0.178. The van der Waals surface area contributed by atoms with E-state index in [0.29, 0.717) is 5.92 Å². The Morgan fingerprint density at radius 2 is 1.86 bits per heavy atom. The predicted octanol–water partition coefficient (Wildman–Crippen LogP) is -2.75. The van der Waals surface area contributed by atoms with Crippen molar-refractivity contribution in [3.63, 3.8) is 0 Å². The van der Waals surface area contributed by atoms with Crippen LogP contribution in [-0.4, -0.2) is 50.2 Å². The number of hydrogen-bond donors (Lipinski definition) is 3. The van der Waals surface area contributed by atoms with Gasteiger partial charge in [-0.15, -0.1) is 0 Å². The lowest BCUT2D eigenvalue weighted by molar-refractivity contribution is -0.918. The Hall–Kier alpha value is -0.610. The molecule has 3 N–H and O–H groups in total. The maximum absolute atomic E-state index is 9.12. The van der Waals surface area contributed by atoms with Crippen LogP contribution in [0.2, 0.25) is 0 Å². The second-order valence-corrected chi connectivity index (χ2v) is 5.50. The Morgan fingerprint density at radius 1 is 1.29 bits per heavy atom. The minimum atomic E-state index is 0.178. The van der Waals surface area contributed by atoms with E-state index in [-0.39, 0.29) is 5.41 Å². The van der Waals surface area contributed by atoms with Gasteiger partial charge in [-0.3, -0.25) is 0 Å². The molecule has 4 heterocycles. The summed E-state index contributed by atoms with van der Waals surface area (Å²) in [6, 6.07) is 0. The molecule has 4 fully saturated rings. The summed E-state index contributed by atoms with van der Waals surface area (Å²) in [4.78, 5) is 3.44. The van der Waals surface area contributed by atoms with Crippen molar-refractivity contribution in [2.75, 3.05) is 39.3 Å². The molecule has 4 aliphatic heterocycles. The molecule has 4 bridgehead atoms. The van der Waals surface area contributed by atoms with Crippen molar-refractivity contribution in [1.29, 1.82) is 0 Å². The van der Waals surface area contributed by atoms with Gasteiger partial charge in [-0.25, -0.2) is 0 Å². The largest absolute Gasteiger partial charge is 0.411 e. The Morgan fingerprint density at radius 3 is 2.29 bits per heavy atom. The number of rotatable bonds is 0. The van der Waals surface area contributed by atoms with Crippen LogP contribution in [0.1, 0.15) is 6.92 Å². The van der Waals surface area contributed by atoms with E-state index in [1.165, 1.54) is 39.3 Å². The van der Waals surface area contributed by atoms with E-state index in [2.05, 4.69) is 12.1 Å². The van der Waals surface area contributed by atoms with E-state index in [1.54, 1.807) is 9.80 Å². The molecule has 4 rings (SSSR count). The van der Waals surface area contributed by atoms with E-state index in [1.807, 2.05) is 0 Å². The minimum Gasteiger partial charge on any atom is -0.411 e. The van der Waals surface area contributed by atoms with Gasteiger partial charge in [-0.1, -0.05) is 5.16 Å². The molecule has 0 aromatic carbocycles. The fourth-order valence-electron chi connectivity index (χ4n) is 3.88. The summed E-state index contributed by atoms with van der Waals surface area (Å²) >= 11 is 0. The van der Waals surface area contributed by atoms with Gasteiger partial charge >= 0.3 is 0 Å². The molecule has 4 aliphatic rings. The van der Waals surface area contributed by atoms with Crippen LogP contribution in [0.4, 0.5) is 0 Å². The molecule has 0 aliphatic carbocycles. The van der Waals surface area contributed by atoms with Gasteiger partial charge in [0.2, 0.25) is 0 Å². The molecule has 78 valence electrons. The summed E-state index contributed by atoms with van der Waals surface area (Å²) in [5.41, 5.74) is 1.27. The van der Waals surface area contributed by atoms with E-state index < -0.39 is 0 Å². The quantitative estimate of drug-likeness (QED) is 0.286. The highest BCUT2D eigenvalue weighted by Crippen LogP contribution is 2.25. The van der Waals surface area contributed by atoms with E-state index >= 15 is 0 Å². The van der Waals surface area contributed by atoms with Crippen LogP contribution in [0.25, 0.3) is 0 Å². The first-order valence-corrected chi connectivity index (χ1v) is 5.61. The zero-order valence-corrected chi connectivity index (χ0v) is 8.71. The van der Waals surface area contributed by atoms with Crippen LogP contribution in [0.3, 0.4) is 0 Å². The summed E-state index contributed by atoms with van der Waals surface area (Å²) in [6.45, 7) is 9.62. The monoisotopic (exact) mass is 197 g/mol.